The summed E-state index contributed by atoms with van der Waals surface area (Å²) in [5, 5.41) is 0.244. The van der Waals surface area contributed by atoms with Gasteiger partial charge in [0.25, 0.3) is 5.91 Å². The summed E-state index contributed by atoms with van der Waals surface area (Å²) >= 11 is 9.74. The van der Waals surface area contributed by atoms with Gasteiger partial charge in [-0.05, 0) is 56.4 Å². The van der Waals surface area contributed by atoms with Gasteiger partial charge in [0.1, 0.15) is 0 Å². The second-order valence-electron chi connectivity index (χ2n) is 5.63. The van der Waals surface area contributed by atoms with E-state index in [-0.39, 0.29) is 11.3 Å². The monoisotopic (exact) mass is 341 g/mol. The van der Waals surface area contributed by atoms with Gasteiger partial charge < -0.3 is 4.90 Å². The predicted molar refractivity (Wildman–Crippen MR) is 80.7 cm³/mol. The molecule has 1 aromatic carbocycles. The molecular weight excluding hydrogens is 326 g/mol. The number of hydrogen-bond donors (Lipinski definition) is 0. The van der Waals surface area contributed by atoms with E-state index in [9.17, 15) is 4.79 Å². The Balaban J connectivity index is 1.86. The topological polar surface area (TPSA) is 20.3 Å². The highest BCUT2D eigenvalue weighted by molar-refractivity contribution is 9.10. The molecule has 2 fully saturated rings. The lowest BCUT2D eigenvalue weighted by molar-refractivity contribution is 0.0599. The Hall–Kier alpha value is -0.540. The molecule has 19 heavy (non-hydrogen) atoms. The van der Waals surface area contributed by atoms with Crippen molar-refractivity contribution < 1.29 is 4.79 Å². The second-order valence-corrected chi connectivity index (χ2v) is 7.10. The third kappa shape index (κ3) is 2.43. The molecule has 2 heterocycles. The van der Waals surface area contributed by atoms with Gasteiger partial charge in [-0.1, -0.05) is 15.9 Å². The van der Waals surface area contributed by atoms with E-state index in [1.807, 2.05) is 25.1 Å². The minimum atomic E-state index is 0.173. The quantitative estimate of drug-likeness (QED) is 0.703. The van der Waals surface area contributed by atoms with E-state index in [0.29, 0.717) is 12.1 Å². The zero-order valence-corrected chi connectivity index (χ0v) is 13.2. The van der Waals surface area contributed by atoms with Crippen molar-refractivity contribution >= 4 is 33.4 Å². The first-order valence-electron chi connectivity index (χ1n) is 6.79. The van der Waals surface area contributed by atoms with Crippen LogP contribution in [0.25, 0.3) is 0 Å². The molecule has 102 valence electrons. The molecule has 0 radical (unpaired) electrons. The number of piperidine rings is 1. The Morgan fingerprint density at radius 3 is 2.53 bits per heavy atom. The summed E-state index contributed by atoms with van der Waals surface area (Å²) in [6.45, 7) is 2.01. The van der Waals surface area contributed by atoms with Gasteiger partial charge in [-0.15, -0.1) is 11.6 Å². The summed E-state index contributed by atoms with van der Waals surface area (Å²) in [6, 6.07) is 6.53. The van der Waals surface area contributed by atoms with Crippen LogP contribution in [0.5, 0.6) is 0 Å². The van der Waals surface area contributed by atoms with Crippen molar-refractivity contribution in [2.24, 2.45) is 0 Å². The van der Waals surface area contributed by atoms with Crippen molar-refractivity contribution in [2.75, 3.05) is 0 Å². The molecule has 2 nitrogen and oxygen atoms in total. The van der Waals surface area contributed by atoms with Crippen LogP contribution >= 0.6 is 27.5 Å². The van der Waals surface area contributed by atoms with Crippen LogP contribution in [0.15, 0.2) is 22.7 Å². The van der Waals surface area contributed by atoms with E-state index in [2.05, 4.69) is 20.8 Å². The zero-order valence-electron chi connectivity index (χ0n) is 10.9. The summed E-state index contributed by atoms with van der Waals surface area (Å²) in [5.41, 5.74) is 1.90. The van der Waals surface area contributed by atoms with Crippen molar-refractivity contribution in [1.29, 1.82) is 0 Å². The van der Waals surface area contributed by atoms with E-state index in [4.69, 9.17) is 11.6 Å². The number of benzene rings is 1. The normalized spacial score (nSPS) is 29.6. The molecule has 0 N–H and O–H groups in total. The lowest BCUT2D eigenvalue weighted by Gasteiger charge is -2.37. The molecule has 1 aromatic rings. The molecule has 2 atom stereocenters. The second kappa shape index (κ2) is 5.10. The van der Waals surface area contributed by atoms with Gasteiger partial charge in [0.15, 0.2) is 0 Å². The molecule has 0 aliphatic carbocycles. The molecule has 2 aliphatic heterocycles. The van der Waals surface area contributed by atoms with Crippen molar-refractivity contribution in [3.63, 3.8) is 0 Å². The van der Waals surface area contributed by atoms with E-state index >= 15 is 0 Å². The molecular formula is C15H17BrClNO. The molecule has 1 amide bonds. The number of amides is 1. The molecule has 0 aromatic heterocycles. The number of alkyl halides is 1. The van der Waals surface area contributed by atoms with Crippen LogP contribution in [-0.2, 0) is 0 Å². The molecule has 3 rings (SSSR count). The maximum Gasteiger partial charge on any atom is 0.254 e. The Kier molecular flexibility index (Phi) is 3.61. The summed E-state index contributed by atoms with van der Waals surface area (Å²) in [6.07, 6.45) is 4.10. The lowest BCUT2D eigenvalue weighted by atomic mass is 10.0. The maximum absolute atomic E-state index is 12.7. The smallest absolute Gasteiger partial charge is 0.254 e. The van der Waals surface area contributed by atoms with Gasteiger partial charge >= 0.3 is 0 Å². The summed E-state index contributed by atoms with van der Waals surface area (Å²) in [5.74, 6) is 0.173. The van der Waals surface area contributed by atoms with Crippen molar-refractivity contribution in [3.05, 3.63) is 33.8 Å². The Morgan fingerprint density at radius 1 is 1.32 bits per heavy atom. The number of aryl methyl sites for hydroxylation is 1. The number of halogens is 2. The number of hydrogen-bond acceptors (Lipinski definition) is 1. The molecule has 2 unspecified atom stereocenters. The molecule has 0 spiro atoms. The van der Waals surface area contributed by atoms with Crippen LogP contribution in [0.2, 0.25) is 0 Å². The Labute approximate surface area is 127 Å². The first kappa shape index (κ1) is 13.4. The van der Waals surface area contributed by atoms with E-state index in [1.54, 1.807) is 0 Å². The van der Waals surface area contributed by atoms with Gasteiger partial charge in [-0.3, -0.25) is 4.79 Å². The van der Waals surface area contributed by atoms with Gasteiger partial charge in [0.05, 0.1) is 0 Å². The van der Waals surface area contributed by atoms with Crippen LogP contribution < -0.4 is 0 Å². The standard InChI is InChI=1S/C15H17BrClNO/c1-9-6-10(2-5-14(9)16)15(19)18-12-3-4-13(18)8-11(17)7-12/h2,5-6,11-13H,3-4,7-8H2,1H3. The predicted octanol–water partition coefficient (Wildman–Crippen LogP) is 4.13. The highest BCUT2D eigenvalue weighted by Crippen LogP contribution is 2.38. The summed E-state index contributed by atoms with van der Waals surface area (Å²) in [7, 11) is 0. The first-order chi connectivity index (χ1) is 9.06. The molecule has 2 bridgehead atoms. The van der Waals surface area contributed by atoms with Crippen LogP contribution in [0.3, 0.4) is 0 Å². The number of rotatable bonds is 1. The third-order valence-corrected chi connectivity index (χ3v) is 5.56. The Morgan fingerprint density at radius 2 is 1.95 bits per heavy atom. The molecule has 2 saturated heterocycles. The number of carbonyl (C=O) groups excluding carboxylic acids is 1. The van der Waals surface area contributed by atoms with Crippen LogP contribution in [0, 0.1) is 6.92 Å². The van der Waals surface area contributed by atoms with Crippen molar-refractivity contribution in [2.45, 2.75) is 50.1 Å². The lowest BCUT2D eigenvalue weighted by Crippen LogP contribution is -2.46. The number of fused-ring (bicyclic) bond motifs is 2. The maximum atomic E-state index is 12.7. The van der Waals surface area contributed by atoms with E-state index in [1.165, 1.54) is 0 Å². The van der Waals surface area contributed by atoms with Crippen molar-refractivity contribution in [3.8, 4) is 0 Å². The summed E-state index contributed by atoms with van der Waals surface area (Å²) in [4.78, 5) is 14.8. The number of carbonyl (C=O) groups is 1. The molecule has 2 aliphatic rings. The van der Waals surface area contributed by atoms with Gasteiger partial charge in [0.2, 0.25) is 0 Å². The highest BCUT2D eigenvalue weighted by atomic mass is 79.9. The minimum absolute atomic E-state index is 0.173. The largest absolute Gasteiger partial charge is 0.333 e. The zero-order chi connectivity index (χ0) is 13.6. The SMILES string of the molecule is Cc1cc(C(=O)N2C3CCC2CC(Cl)C3)ccc1Br. The molecule has 4 heteroatoms. The minimum Gasteiger partial charge on any atom is -0.333 e. The van der Waals surface area contributed by atoms with Crippen molar-refractivity contribution in [1.82, 2.24) is 4.90 Å². The Bertz CT molecular complexity index is 505. The fourth-order valence-corrected chi connectivity index (χ4v) is 4.03. The fraction of sp³-hybridized carbons (Fsp3) is 0.533. The van der Waals surface area contributed by atoms with Crippen LogP contribution in [0.4, 0.5) is 0 Å². The van der Waals surface area contributed by atoms with Gasteiger partial charge in [-0.2, -0.15) is 0 Å². The van der Waals surface area contributed by atoms with Crippen LogP contribution in [0.1, 0.15) is 41.6 Å². The average Bonchev–Trinajstić information content (AvgIpc) is 2.64. The van der Waals surface area contributed by atoms with Crippen LogP contribution in [-0.4, -0.2) is 28.3 Å². The highest BCUT2D eigenvalue weighted by Gasteiger charge is 2.42. The average molecular weight is 343 g/mol. The van der Waals surface area contributed by atoms with E-state index < -0.39 is 0 Å². The first-order valence-corrected chi connectivity index (χ1v) is 8.02. The number of nitrogens with zero attached hydrogens (tertiary/aromatic N) is 1. The molecule has 0 saturated carbocycles. The van der Waals surface area contributed by atoms with Gasteiger partial charge in [0, 0.05) is 27.5 Å². The van der Waals surface area contributed by atoms with Gasteiger partial charge in [-0.25, -0.2) is 0 Å². The fourth-order valence-electron chi connectivity index (χ4n) is 3.37. The van der Waals surface area contributed by atoms with E-state index in [0.717, 1.165) is 41.3 Å². The summed E-state index contributed by atoms with van der Waals surface area (Å²) < 4.78 is 1.05. The third-order valence-electron chi connectivity index (χ3n) is 4.31.